The van der Waals surface area contributed by atoms with Crippen molar-refractivity contribution in [2.24, 2.45) is 0 Å². The van der Waals surface area contributed by atoms with Crippen LogP contribution in [0.1, 0.15) is 81.5 Å². The lowest BCUT2D eigenvalue weighted by molar-refractivity contribution is -0.0837. The first-order valence-corrected chi connectivity index (χ1v) is 13.9. The van der Waals surface area contributed by atoms with Gasteiger partial charge in [0.05, 0.1) is 36.7 Å². The number of rotatable bonds is 7. The molecule has 3 rings (SSSR count). The second-order valence-electron chi connectivity index (χ2n) is 12.2. The van der Waals surface area contributed by atoms with Crippen molar-refractivity contribution in [2.75, 3.05) is 12.0 Å². The van der Waals surface area contributed by atoms with Gasteiger partial charge in [0.25, 0.3) is 0 Å². The number of nitrogens with one attached hydrogen (secondary N) is 1. The van der Waals surface area contributed by atoms with Crippen molar-refractivity contribution in [3.63, 3.8) is 0 Å². The SMILES string of the molecule is COc1c(C)cnc(Cn2nc(CCC(O)C#N)c3c2N(C(C)(C)C)C(OC(=O)NC(=O)O)N(C(C)(C)C)C3Cl)c1C. The van der Waals surface area contributed by atoms with Gasteiger partial charge >= 0.3 is 12.2 Å². The number of aryl methyl sites for hydroxylation is 2. The van der Waals surface area contributed by atoms with Crippen LogP contribution in [0.25, 0.3) is 0 Å². The lowest BCUT2D eigenvalue weighted by atomic mass is 9.97. The molecule has 1 aliphatic rings. The molecule has 3 N–H and O–H groups in total. The molecule has 2 aromatic rings. The number of amides is 2. The Kier molecular flexibility index (Phi) is 9.66. The Morgan fingerprint density at radius 2 is 1.83 bits per heavy atom. The molecule has 0 saturated carbocycles. The lowest BCUT2D eigenvalue weighted by Crippen LogP contribution is -2.66. The molecule has 2 aromatic heterocycles. The van der Waals surface area contributed by atoms with Crippen LogP contribution in [-0.2, 0) is 17.7 Å². The second kappa shape index (κ2) is 12.3. The number of anilines is 1. The van der Waals surface area contributed by atoms with Crippen molar-refractivity contribution in [3.05, 3.63) is 34.3 Å². The van der Waals surface area contributed by atoms with E-state index in [1.807, 2.05) is 66.4 Å². The molecule has 0 bridgehead atoms. The number of aliphatic hydroxyl groups is 1. The largest absolute Gasteiger partial charge is 0.496 e. The third-order valence-corrected chi connectivity index (χ3v) is 7.41. The standard InChI is InChI=1S/C28H40ClN7O6/c1-15-13-31-19(16(2)21(15)41-9)14-34-23-20(18(33-34)11-10-17(37)12-30)22(29)35(27(3,4)5)26(36(23)28(6,7)8)42-25(40)32-24(38)39/h13,17,22,26,37H,10-11,14H2,1-9H3,(H,32,40)(H,38,39). The van der Waals surface area contributed by atoms with Gasteiger partial charge in [-0.15, -0.1) is 0 Å². The minimum absolute atomic E-state index is 0.130. The summed E-state index contributed by atoms with van der Waals surface area (Å²) < 4.78 is 13.1. The molecule has 0 saturated heterocycles. The number of pyridine rings is 1. The molecule has 0 fully saturated rings. The second-order valence-corrected chi connectivity index (χ2v) is 12.6. The zero-order chi connectivity index (χ0) is 31.7. The number of carboxylic acid groups (broad SMARTS) is 1. The van der Waals surface area contributed by atoms with Crippen LogP contribution < -0.4 is 15.0 Å². The van der Waals surface area contributed by atoms with Gasteiger partial charge < -0.3 is 24.6 Å². The number of imide groups is 1. The van der Waals surface area contributed by atoms with Gasteiger partial charge in [-0.25, -0.2) is 24.5 Å². The molecular weight excluding hydrogens is 566 g/mol. The van der Waals surface area contributed by atoms with E-state index in [1.54, 1.807) is 28.2 Å². The van der Waals surface area contributed by atoms with E-state index < -0.39 is 41.2 Å². The highest BCUT2D eigenvalue weighted by Crippen LogP contribution is 2.49. The Morgan fingerprint density at radius 3 is 2.36 bits per heavy atom. The summed E-state index contributed by atoms with van der Waals surface area (Å²) in [5.74, 6) is 1.24. The highest BCUT2D eigenvalue weighted by molar-refractivity contribution is 6.21. The number of methoxy groups -OCH3 is 1. The van der Waals surface area contributed by atoms with Crippen LogP contribution in [-0.4, -0.2) is 72.7 Å². The first kappa shape index (κ1) is 32.9. The molecular formula is C28H40ClN7O6. The van der Waals surface area contributed by atoms with E-state index in [-0.39, 0.29) is 19.4 Å². The van der Waals surface area contributed by atoms with Gasteiger partial charge in [0.1, 0.15) is 23.2 Å². The maximum Gasteiger partial charge on any atom is 0.419 e. The normalized spacial score (nSPS) is 18.2. The number of hydrogen-bond acceptors (Lipinski definition) is 10. The van der Waals surface area contributed by atoms with Crippen LogP contribution in [0.15, 0.2) is 6.20 Å². The number of alkyl halides is 1. The highest BCUT2D eigenvalue weighted by atomic mass is 35.5. The fourth-order valence-electron chi connectivity index (χ4n) is 5.14. The number of aliphatic hydroxyl groups excluding tert-OH is 1. The van der Waals surface area contributed by atoms with Crippen LogP contribution in [0.2, 0.25) is 0 Å². The van der Waals surface area contributed by atoms with Crippen molar-refractivity contribution in [1.82, 2.24) is 25.0 Å². The van der Waals surface area contributed by atoms with E-state index >= 15 is 0 Å². The number of carbonyl (C=O) groups is 2. The highest BCUT2D eigenvalue weighted by Gasteiger charge is 2.52. The van der Waals surface area contributed by atoms with Crippen molar-refractivity contribution in [2.45, 2.75) is 104 Å². The smallest absolute Gasteiger partial charge is 0.419 e. The molecule has 2 amide bonds. The Bertz CT molecular complexity index is 1370. The Labute approximate surface area is 251 Å². The summed E-state index contributed by atoms with van der Waals surface area (Å²) in [6.07, 6.45) is -2.95. The Hall–Kier alpha value is -3.60. The van der Waals surface area contributed by atoms with E-state index in [2.05, 4.69) is 4.98 Å². The Morgan fingerprint density at radius 1 is 1.19 bits per heavy atom. The number of alkyl carbamates (subject to hydrolysis) is 1. The molecule has 13 nitrogen and oxygen atoms in total. The summed E-state index contributed by atoms with van der Waals surface area (Å²) in [5, 5.41) is 35.1. The fourth-order valence-corrected chi connectivity index (χ4v) is 5.75. The van der Waals surface area contributed by atoms with Crippen LogP contribution in [0, 0.1) is 25.2 Å². The summed E-state index contributed by atoms with van der Waals surface area (Å²) in [4.78, 5) is 32.2. The number of carbonyl (C=O) groups excluding carboxylic acids is 1. The third-order valence-electron chi connectivity index (χ3n) is 6.98. The molecule has 230 valence electrons. The first-order chi connectivity index (χ1) is 19.4. The van der Waals surface area contributed by atoms with Gasteiger partial charge in [-0.3, -0.25) is 4.98 Å². The fraction of sp³-hybridized carbons (Fsp3) is 0.607. The zero-order valence-corrected chi connectivity index (χ0v) is 26.3. The maximum atomic E-state index is 12.7. The quantitative estimate of drug-likeness (QED) is 0.232. The van der Waals surface area contributed by atoms with Gasteiger partial charge in [-0.05, 0) is 68.2 Å². The number of ether oxygens (including phenoxy) is 2. The Balaban J connectivity index is 2.32. The minimum atomic E-state index is -1.55. The summed E-state index contributed by atoms with van der Waals surface area (Å²) in [7, 11) is 1.60. The van der Waals surface area contributed by atoms with Crippen molar-refractivity contribution in [1.29, 1.82) is 5.26 Å². The van der Waals surface area contributed by atoms with Crippen molar-refractivity contribution >= 4 is 29.6 Å². The average Bonchev–Trinajstić information content (AvgIpc) is 3.20. The number of fused-ring (bicyclic) bond motifs is 1. The predicted octanol–water partition coefficient (Wildman–Crippen LogP) is 4.41. The zero-order valence-electron chi connectivity index (χ0n) is 25.5. The molecule has 0 aliphatic carbocycles. The molecule has 0 aromatic carbocycles. The van der Waals surface area contributed by atoms with Gasteiger partial charge in [0.15, 0.2) is 0 Å². The van der Waals surface area contributed by atoms with Crippen molar-refractivity contribution < 1.29 is 29.3 Å². The molecule has 3 atom stereocenters. The van der Waals surface area contributed by atoms with Crippen molar-refractivity contribution in [3.8, 4) is 11.8 Å². The number of hydrogen-bond donors (Lipinski definition) is 3. The molecule has 0 spiro atoms. The maximum absolute atomic E-state index is 12.7. The van der Waals surface area contributed by atoms with Crippen LogP contribution in [0.5, 0.6) is 5.75 Å². The van der Waals surface area contributed by atoms with E-state index in [1.165, 1.54) is 0 Å². The average molecular weight is 606 g/mol. The molecule has 1 aliphatic heterocycles. The monoisotopic (exact) mass is 605 g/mol. The van der Waals surface area contributed by atoms with Gasteiger partial charge in [0, 0.05) is 28.4 Å². The van der Waals surface area contributed by atoms with E-state index in [0.29, 0.717) is 28.5 Å². The van der Waals surface area contributed by atoms with E-state index in [4.69, 9.17) is 31.3 Å². The summed E-state index contributed by atoms with van der Waals surface area (Å²) >= 11 is 7.22. The summed E-state index contributed by atoms with van der Waals surface area (Å²) in [5.41, 5.74) is 1.30. The molecule has 3 unspecified atom stereocenters. The molecule has 0 radical (unpaired) electrons. The van der Waals surface area contributed by atoms with Crippen LogP contribution >= 0.6 is 11.6 Å². The molecule has 42 heavy (non-hydrogen) atoms. The van der Waals surface area contributed by atoms with Crippen LogP contribution in [0.3, 0.4) is 0 Å². The summed E-state index contributed by atoms with van der Waals surface area (Å²) in [6, 6.07) is 1.84. The van der Waals surface area contributed by atoms with Gasteiger partial charge in [-0.2, -0.15) is 10.4 Å². The predicted molar refractivity (Wildman–Crippen MR) is 155 cm³/mol. The number of nitrogens with zero attached hydrogens (tertiary/aromatic N) is 6. The minimum Gasteiger partial charge on any atom is -0.496 e. The topological polar surface area (TPSA) is 166 Å². The number of halogens is 1. The summed E-state index contributed by atoms with van der Waals surface area (Å²) in [6.45, 7) is 15.5. The number of aromatic nitrogens is 3. The molecule has 14 heteroatoms. The van der Waals surface area contributed by atoms with E-state index in [9.17, 15) is 20.0 Å². The lowest BCUT2D eigenvalue weighted by Gasteiger charge is -2.54. The van der Waals surface area contributed by atoms with E-state index in [0.717, 1.165) is 11.1 Å². The third kappa shape index (κ3) is 6.72. The molecule has 3 heterocycles. The number of nitriles is 1. The van der Waals surface area contributed by atoms with Gasteiger partial charge in [-0.1, -0.05) is 11.6 Å². The van der Waals surface area contributed by atoms with Crippen LogP contribution in [0.4, 0.5) is 15.4 Å². The van der Waals surface area contributed by atoms with Gasteiger partial charge in [0.2, 0.25) is 6.35 Å². The first-order valence-electron chi connectivity index (χ1n) is 13.5.